The van der Waals surface area contributed by atoms with Gasteiger partial charge in [0, 0.05) is 5.69 Å². The van der Waals surface area contributed by atoms with Crippen molar-refractivity contribution < 1.29 is 27.7 Å². The molecule has 2 rings (SSSR count). The Morgan fingerprint density at radius 3 is 2.00 bits per heavy atom. The van der Waals surface area contributed by atoms with E-state index < -0.39 is 17.6 Å². The highest BCUT2D eigenvalue weighted by Crippen LogP contribution is 2.34. The van der Waals surface area contributed by atoms with Crippen molar-refractivity contribution in [3.63, 3.8) is 0 Å². The minimum absolute atomic E-state index is 0.00109. The lowest BCUT2D eigenvalue weighted by molar-refractivity contribution is -0.862. The minimum atomic E-state index is -4.56. The molecule has 0 fully saturated rings. The first-order chi connectivity index (χ1) is 13.5. The van der Waals surface area contributed by atoms with E-state index in [1.165, 1.54) is 18.2 Å². The predicted octanol–water partition coefficient (Wildman–Crippen LogP) is 2.72. The SMILES string of the molecule is Cc1cc(C)c(NC(=O)C[NH+](C)CC(=O)Nc2ccccc2C(F)(F)F)c(C)c1. The average molecular weight is 408 g/mol. The van der Waals surface area contributed by atoms with E-state index in [1.807, 2.05) is 32.9 Å². The van der Waals surface area contributed by atoms with Gasteiger partial charge in [0.2, 0.25) is 0 Å². The molecule has 0 aliphatic rings. The van der Waals surface area contributed by atoms with Gasteiger partial charge in [0.25, 0.3) is 11.8 Å². The fourth-order valence-corrected chi connectivity index (χ4v) is 3.21. The number of para-hydroxylation sites is 1. The van der Waals surface area contributed by atoms with E-state index >= 15 is 0 Å². The molecule has 156 valence electrons. The van der Waals surface area contributed by atoms with Crippen molar-refractivity contribution in [2.24, 2.45) is 0 Å². The number of anilines is 2. The topological polar surface area (TPSA) is 62.6 Å². The van der Waals surface area contributed by atoms with Crippen molar-refractivity contribution in [3.05, 3.63) is 58.7 Å². The van der Waals surface area contributed by atoms with Crippen LogP contribution in [0.15, 0.2) is 36.4 Å². The third-order valence-corrected chi connectivity index (χ3v) is 4.37. The highest BCUT2D eigenvalue weighted by molar-refractivity contribution is 5.94. The summed E-state index contributed by atoms with van der Waals surface area (Å²) in [5.41, 5.74) is 2.50. The van der Waals surface area contributed by atoms with Crippen molar-refractivity contribution >= 4 is 23.2 Å². The number of hydrogen-bond acceptors (Lipinski definition) is 2. The van der Waals surface area contributed by atoms with Crippen LogP contribution in [-0.2, 0) is 15.8 Å². The van der Waals surface area contributed by atoms with E-state index in [1.54, 1.807) is 7.05 Å². The molecule has 0 radical (unpaired) electrons. The van der Waals surface area contributed by atoms with Crippen molar-refractivity contribution in [2.45, 2.75) is 26.9 Å². The van der Waals surface area contributed by atoms with E-state index in [-0.39, 0.29) is 24.7 Å². The highest BCUT2D eigenvalue weighted by Gasteiger charge is 2.33. The number of alkyl halides is 3. The third-order valence-electron chi connectivity index (χ3n) is 4.37. The van der Waals surface area contributed by atoms with Crippen LogP contribution in [-0.4, -0.2) is 32.0 Å². The van der Waals surface area contributed by atoms with Gasteiger partial charge in [-0.15, -0.1) is 0 Å². The zero-order valence-corrected chi connectivity index (χ0v) is 16.8. The average Bonchev–Trinajstić information content (AvgIpc) is 2.57. The largest absolute Gasteiger partial charge is 0.418 e. The second-order valence-electron chi connectivity index (χ2n) is 7.22. The quantitative estimate of drug-likeness (QED) is 0.688. The summed E-state index contributed by atoms with van der Waals surface area (Å²) in [6.07, 6.45) is -4.56. The maximum absolute atomic E-state index is 13.0. The summed E-state index contributed by atoms with van der Waals surface area (Å²) in [4.78, 5) is 25.0. The molecule has 5 nitrogen and oxygen atoms in total. The summed E-state index contributed by atoms with van der Waals surface area (Å²) >= 11 is 0. The van der Waals surface area contributed by atoms with Gasteiger partial charge in [-0.3, -0.25) is 9.59 Å². The van der Waals surface area contributed by atoms with Gasteiger partial charge >= 0.3 is 6.18 Å². The number of benzene rings is 2. The lowest BCUT2D eigenvalue weighted by atomic mass is 10.1. The second kappa shape index (κ2) is 9.09. The molecule has 0 aliphatic carbocycles. The number of aryl methyl sites for hydroxylation is 3. The first kappa shape index (κ1) is 22.4. The normalized spacial score (nSPS) is 12.4. The number of carbonyl (C=O) groups is 2. The summed E-state index contributed by atoms with van der Waals surface area (Å²) in [6.45, 7) is 5.63. The van der Waals surface area contributed by atoms with Crippen molar-refractivity contribution in [1.29, 1.82) is 0 Å². The zero-order chi connectivity index (χ0) is 21.8. The Labute approximate surface area is 167 Å². The molecule has 29 heavy (non-hydrogen) atoms. The van der Waals surface area contributed by atoms with Gasteiger partial charge in [0.1, 0.15) is 0 Å². The van der Waals surface area contributed by atoms with E-state index in [9.17, 15) is 22.8 Å². The molecule has 0 spiro atoms. The van der Waals surface area contributed by atoms with Gasteiger partial charge in [-0.1, -0.05) is 29.8 Å². The Bertz CT molecular complexity index is 887. The Kier molecular flexibility index (Phi) is 7.02. The van der Waals surface area contributed by atoms with Gasteiger partial charge in [0.05, 0.1) is 18.3 Å². The van der Waals surface area contributed by atoms with Gasteiger partial charge in [0.15, 0.2) is 13.1 Å². The molecule has 2 amide bonds. The smallest absolute Gasteiger partial charge is 0.322 e. The van der Waals surface area contributed by atoms with Gasteiger partial charge in [-0.2, -0.15) is 13.2 Å². The van der Waals surface area contributed by atoms with Crippen LogP contribution in [0.5, 0.6) is 0 Å². The van der Waals surface area contributed by atoms with Crippen LogP contribution < -0.4 is 15.5 Å². The molecule has 8 heteroatoms. The molecule has 0 aromatic heterocycles. The monoisotopic (exact) mass is 408 g/mol. The molecule has 1 unspecified atom stereocenters. The lowest BCUT2D eigenvalue weighted by Gasteiger charge is -2.17. The summed E-state index contributed by atoms with van der Waals surface area (Å²) in [5.74, 6) is -0.879. The molecular weight excluding hydrogens is 383 g/mol. The predicted molar refractivity (Wildman–Crippen MR) is 106 cm³/mol. The second-order valence-corrected chi connectivity index (χ2v) is 7.22. The molecule has 0 heterocycles. The maximum atomic E-state index is 13.0. The number of carbonyl (C=O) groups excluding carboxylic acids is 2. The maximum Gasteiger partial charge on any atom is 0.418 e. The molecular formula is C21H25F3N3O2+. The van der Waals surface area contributed by atoms with Gasteiger partial charge in [-0.05, 0) is 44.0 Å². The molecule has 0 saturated heterocycles. The molecule has 0 aliphatic heterocycles. The zero-order valence-electron chi connectivity index (χ0n) is 16.8. The summed E-state index contributed by atoms with van der Waals surface area (Å²) in [6, 6.07) is 8.71. The number of quaternary nitrogens is 1. The van der Waals surface area contributed by atoms with Crippen LogP contribution in [0, 0.1) is 20.8 Å². The Balaban J connectivity index is 1.95. The highest BCUT2D eigenvalue weighted by atomic mass is 19.4. The number of amides is 2. The molecule has 3 N–H and O–H groups in total. The first-order valence-corrected chi connectivity index (χ1v) is 9.12. The summed E-state index contributed by atoms with van der Waals surface area (Å²) < 4.78 is 39.1. The fraction of sp³-hybridized carbons (Fsp3) is 0.333. The fourth-order valence-electron chi connectivity index (χ4n) is 3.21. The van der Waals surface area contributed by atoms with Gasteiger partial charge < -0.3 is 15.5 Å². The van der Waals surface area contributed by atoms with Gasteiger partial charge in [-0.25, -0.2) is 0 Å². The van der Waals surface area contributed by atoms with Crippen LogP contribution >= 0.6 is 0 Å². The van der Waals surface area contributed by atoms with Crippen LogP contribution in [0.2, 0.25) is 0 Å². The number of hydrogen-bond donors (Lipinski definition) is 3. The van der Waals surface area contributed by atoms with Crippen LogP contribution in [0.1, 0.15) is 22.3 Å². The third kappa shape index (κ3) is 6.32. The summed E-state index contributed by atoms with van der Waals surface area (Å²) in [5, 5.41) is 5.13. The molecule has 0 saturated carbocycles. The number of likely N-dealkylation sites (N-methyl/N-ethyl adjacent to an activating group) is 1. The van der Waals surface area contributed by atoms with Crippen molar-refractivity contribution in [2.75, 3.05) is 30.8 Å². The molecule has 2 aromatic rings. The Morgan fingerprint density at radius 2 is 1.45 bits per heavy atom. The van der Waals surface area contributed by atoms with Crippen LogP contribution in [0.3, 0.4) is 0 Å². The van der Waals surface area contributed by atoms with Crippen LogP contribution in [0.4, 0.5) is 24.5 Å². The Hall–Kier alpha value is -2.87. The number of rotatable bonds is 6. The molecule has 0 bridgehead atoms. The number of halogens is 3. The minimum Gasteiger partial charge on any atom is -0.322 e. The van der Waals surface area contributed by atoms with Crippen molar-refractivity contribution in [3.8, 4) is 0 Å². The van der Waals surface area contributed by atoms with E-state index in [0.29, 0.717) is 4.90 Å². The number of nitrogens with one attached hydrogen (secondary N) is 3. The Morgan fingerprint density at radius 1 is 0.931 bits per heavy atom. The van der Waals surface area contributed by atoms with E-state index in [0.717, 1.165) is 28.4 Å². The lowest BCUT2D eigenvalue weighted by Crippen LogP contribution is -3.11. The molecule has 2 aromatic carbocycles. The van der Waals surface area contributed by atoms with Crippen LogP contribution in [0.25, 0.3) is 0 Å². The summed E-state index contributed by atoms with van der Waals surface area (Å²) in [7, 11) is 1.63. The molecule has 1 atom stereocenters. The van der Waals surface area contributed by atoms with Crippen molar-refractivity contribution in [1.82, 2.24) is 0 Å². The first-order valence-electron chi connectivity index (χ1n) is 9.12. The standard InChI is InChI=1S/C21H24F3N3O2/c1-13-9-14(2)20(15(3)10-13)26-19(29)12-27(4)11-18(28)25-17-8-6-5-7-16(17)21(22,23)24/h5-10H,11-12H2,1-4H3,(H,25,28)(H,26,29)/p+1. The van der Waals surface area contributed by atoms with E-state index in [2.05, 4.69) is 10.6 Å². The van der Waals surface area contributed by atoms with E-state index in [4.69, 9.17) is 0 Å².